The Labute approximate surface area is 228 Å². The highest BCUT2D eigenvalue weighted by Crippen LogP contribution is 2.13. The van der Waals surface area contributed by atoms with E-state index in [1.807, 2.05) is 0 Å². The van der Waals surface area contributed by atoms with Crippen molar-refractivity contribution >= 4 is 5.97 Å². The fraction of sp³-hybridized carbons (Fsp3) is 0.912. The molecule has 0 aromatic rings. The number of rotatable bonds is 27. The van der Waals surface area contributed by atoms with E-state index < -0.39 is 0 Å². The SMILES string of the molecule is CCCCCCC/C=C/CCCCCCCC.CCCCCCCCCCCCCCCC(=O)OC. The maximum absolute atomic E-state index is 10.9. The molecule has 0 rings (SSSR count). The first-order valence-corrected chi connectivity index (χ1v) is 16.4. The second-order valence-electron chi connectivity index (χ2n) is 10.8. The van der Waals surface area contributed by atoms with Gasteiger partial charge in [-0.3, -0.25) is 4.79 Å². The number of hydrogen-bond donors (Lipinski definition) is 0. The van der Waals surface area contributed by atoms with Gasteiger partial charge in [-0.05, 0) is 32.1 Å². The molecule has 0 aliphatic heterocycles. The molecule has 0 aliphatic carbocycles. The molecule has 0 saturated carbocycles. The van der Waals surface area contributed by atoms with Crippen LogP contribution in [-0.4, -0.2) is 13.1 Å². The molecule has 2 heteroatoms. The van der Waals surface area contributed by atoms with Crippen LogP contribution in [0.3, 0.4) is 0 Å². The van der Waals surface area contributed by atoms with E-state index in [0.29, 0.717) is 6.42 Å². The molecule has 0 aromatic heterocycles. The first-order chi connectivity index (χ1) is 17.7. The average molecular weight is 509 g/mol. The predicted octanol–water partition coefficient (Wildman–Crippen LogP) is 12.3. The Bertz CT molecular complexity index is 415. The van der Waals surface area contributed by atoms with E-state index in [2.05, 4.69) is 37.7 Å². The second-order valence-corrected chi connectivity index (χ2v) is 10.8. The van der Waals surface area contributed by atoms with Crippen molar-refractivity contribution in [1.29, 1.82) is 0 Å². The van der Waals surface area contributed by atoms with Crippen LogP contribution in [0.15, 0.2) is 12.2 Å². The molecule has 216 valence electrons. The number of ether oxygens (including phenoxy) is 1. The van der Waals surface area contributed by atoms with E-state index in [0.717, 1.165) is 6.42 Å². The highest BCUT2D eigenvalue weighted by Gasteiger charge is 1.99. The van der Waals surface area contributed by atoms with Crippen LogP contribution in [0, 0.1) is 0 Å². The highest BCUT2D eigenvalue weighted by molar-refractivity contribution is 5.68. The van der Waals surface area contributed by atoms with Crippen molar-refractivity contribution in [2.75, 3.05) is 7.11 Å². The van der Waals surface area contributed by atoms with E-state index in [1.54, 1.807) is 0 Å². The van der Waals surface area contributed by atoms with Crippen molar-refractivity contribution in [3.63, 3.8) is 0 Å². The van der Waals surface area contributed by atoms with Gasteiger partial charge < -0.3 is 4.74 Å². The second kappa shape index (κ2) is 36.4. The lowest BCUT2D eigenvalue weighted by Crippen LogP contribution is -1.99. The molecule has 2 nitrogen and oxygen atoms in total. The Morgan fingerprint density at radius 3 is 1.03 bits per heavy atom. The summed E-state index contributed by atoms with van der Waals surface area (Å²) in [5.74, 6) is -0.0666. The van der Waals surface area contributed by atoms with Gasteiger partial charge in [0.15, 0.2) is 0 Å². The largest absolute Gasteiger partial charge is 0.469 e. The molecule has 0 radical (unpaired) electrons. The molecule has 0 aromatic carbocycles. The third kappa shape index (κ3) is 37.8. The molecule has 0 unspecified atom stereocenters. The zero-order chi connectivity index (χ0) is 26.8. The minimum Gasteiger partial charge on any atom is -0.469 e. The van der Waals surface area contributed by atoms with E-state index in [9.17, 15) is 4.79 Å². The van der Waals surface area contributed by atoms with Crippen LogP contribution in [0.2, 0.25) is 0 Å². The first kappa shape index (κ1) is 37.4. The minimum absolute atomic E-state index is 0.0666. The molecule has 0 spiro atoms. The van der Waals surface area contributed by atoms with E-state index >= 15 is 0 Å². The lowest BCUT2D eigenvalue weighted by molar-refractivity contribution is -0.140. The van der Waals surface area contributed by atoms with Gasteiger partial charge in [0.1, 0.15) is 0 Å². The summed E-state index contributed by atoms with van der Waals surface area (Å²) in [6.45, 7) is 6.83. The van der Waals surface area contributed by atoms with E-state index in [-0.39, 0.29) is 5.97 Å². The van der Waals surface area contributed by atoms with Gasteiger partial charge in [-0.15, -0.1) is 0 Å². The van der Waals surface area contributed by atoms with Gasteiger partial charge in [-0.1, -0.05) is 168 Å². The molecular formula is C34H68O2. The normalized spacial score (nSPS) is 11.0. The van der Waals surface area contributed by atoms with Crippen LogP contribution < -0.4 is 0 Å². The van der Waals surface area contributed by atoms with Crippen molar-refractivity contribution < 1.29 is 9.53 Å². The minimum atomic E-state index is -0.0666. The third-order valence-corrected chi connectivity index (χ3v) is 7.08. The van der Waals surface area contributed by atoms with Crippen LogP contribution in [0.1, 0.15) is 194 Å². The van der Waals surface area contributed by atoms with Crippen molar-refractivity contribution in [2.24, 2.45) is 0 Å². The molecule has 0 N–H and O–H groups in total. The Balaban J connectivity index is 0. The standard InChI is InChI=1S/C17H34O2.C17H34/c1-3-4-5-6-7-8-9-10-11-12-13-14-15-16-17(18)19-2;1-3-5-7-9-11-13-15-17-16-14-12-10-8-6-4-2/h3-16H2,1-2H3;15,17H,3-14,16H2,1-2H3/b;17-15+. The van der Waals surface area contributed by atoms with Crippen LogP contribution in [-0.2, 0) is 9.53 Å². The summed E-state index contributed by atoms with van der Waals surface area (Å²) in [5, 5.41) is 0. The monoisotopic (exact) mass is 509 g/mol. The Hall–Kier alpha value is -0.790. The molecule has 0 amide bonds. The number of carbonyl (C=O) groups is 1. The lowest BCUT2D eigenvalue weighted by atomic mass is 10.0. The number of allylic oxidation sites excluding steroid dienone is 2. The number of methoxy groups -OCH3 is 1. The molecule has 0 fully saturated rings. The summed E-state index contributed by atoms with van der Waals surface area (Å²) in [7, 11) is 1.46. The van der Waals surface area contributed by atoms with Gasteiger partial charge in [0, 0.05) is 6.42 Å². The Kier molecular flexibility index (Phi) is 37.7. The molecule has 0 atom stereocenters. The zero-order valence-corrected chi connectivity index (χ0v) is 25.6. The van der Waals surface area contributed by atoms with Gasteiger partial charge in [0.25, 0.3) is 0 Å². The molecule has 0 aliphatic rings. The van der Waals surface area contributed by atoms with Crippen LogP contribution in [0.4, 0.5) is 0 Å². The van der Waals surface area contributed by atoms with Gasteiger partial charge in [0.05, 0.1) is 7.11 Å². The topological polar surface area (TPSA) is 26.3 Å². The Morgan fingerprint density at radius 2 is 0.722 bits per heavy atom. The fourth-order valence-corrected chi connectivity index (χ4v) is 4.53. The number of unbranched alkanes of at least 4 members (excludes halogenated alkanes) is 23. The number of carbonyl (C=O) groups excluding carboxylic acids is 1. The van der Waals surface area contributed by atoms with Crippen molar-refractivity contribution in [3.05, 3.63) is 12.2 Å². The summed E-state index contributed by atoms with van der Waals surface area (Å²) < 4.78 is 4.62. The maximum atomic E-state index is 10.9. The quantitative estimate of drug-likeness (QED) is 0.0626. The summed E-state index contributed by atoms with van der Waals surface area (Å²) >= 11 is 0. The molecule has 36 heavy (non-hydrogen) atoms. The summed E-state index contributed by atoms with van der Waals surface area (Å²) in [4.78, 5) is 10.9. The summed E-state index contributed by atoms with van der Waals surface area (Å²) in [5.41, 5.74) is 0. The van der Waals surface area contributed by atoms with Crippen LogP contribution >= 0.6 is 0 Å². The van der Waals surface area contributed by atoms with E-state index in [1.165, 1.54) is 168 Å². The molecular weight excluding hydrogens is 440 g/mol. The summed E-state index contributed by atoms with van der Waals surface area (Å²) in [6, 6.07) is 0. The molecule has 0 bridgehead atoms. The van der Waals surface area contributed by atoms with Crippen molar-refractivity contribution in [2.45, 2.75) is 194 Å². The average Bonchev–Trinajstić information content (AvgIpc) is 2.89. The smallest absolute Gasteiger partial charge is 0.305 e. The Morgan fingerprint density at radius 1 is 0.444 bits per heavy atom. The van der Waals surface area contributed by atoms with Crippen LogP contribution in [0.5, 0.6) is 0 Å². The van der Waals surface area contributed by atoms with Crippen molar-refractivity contribution in [3.8, 4) is 0 Å². The highest BCUT2D eigenvalue weighted by atomic mass is 16.5. The lowest BCUT2D eigenvalue weighted by Gasteiger charge is -2.03. The van der Waals surface area contributed by atoms with Crippen LogP contribution in [0.25, 0.3) is 0 Å². The predicted molar refractivity (Wildman–Crippen MR) is 163 cm³/mol. The summed E-state index contributed by atoms with van der Waals surface area (Å²) in [6.07, 6.45) is 40.9. The maximum Gasteiger partial charge on any atom is 0.305 e. The van der Waals surface area contributed by atoms with Gasteiger partial charge in [-0.2, -0.15) is 0 Å². The fourth-order valence-electron chi connectivity index (χ4n) is 4.53. The number of hydrogen-bond acceptors (Lipinski definition) is 2. The number of esters is 1. The van der Waals surface area contributed by atoms with E-state index in [4.69, 9.17) is 0 Å². The van der Waals surface area contributed by atoms with Crippen molar-refractivity contribution in [1.82, 2.24) is 0 Å². The van der Waals surface area contributed by atoms with Gasteiger partial charge >= 0.3 is 5.97 Å². The third-order valence-electron chi connectivity index (χ3n) is 7.08. The van der Waals surface area contributed by atoms with Gasteiger partial charge in [0.2, 0.25) is 0 Å². The molecule has 0 saturated heterocycles. The zero-order valence-electron chi connectivity index (χ0n) is 25.6. The van der Waals surface area contributed by atoms with Gasteiger partial charge in [-0.25, -0.2) is 0 Å². The molecule has 0 heterocycles. The first-order valence-electron chi connectivity index (χ1n) is 16.4.